The van der Waals surface area contributed by atoms with Crippen LogP contribution in [0.2, 0.25) is 5.02 Å². The van der Waals surface area contributed by atoms with Gasteiger partial charge in [-0.05, 0) is 57.4 Å². The van der Waals surface area contributed by atoms with Crippen molar-refractivity contribution in [2.75, 3.05) is 13.1 Å². The summed E-state index contributed by atoms with van der Waals surface area (Å²) in [6.07, 6.45) is 4.49. The minimum Gasteiger partial charge on any atom is -0.444 e. The van der Waals surface area contributed by atoms with Gasteiger partial charge in [0.1, 0.15) is 5.60 Å². The number of carbonyl (C=O) groups is 2. The van der Waals surface area contributed by atoms with Gasteiger partial charge in [-0.2, -0.15) is 0 Å². The van der Waals surface area contributed by atoms with E-state index in [4.69, 9.17) is 16.3 Å². The van der Waals surface area contributed by atoms with Crippen LogP contribution in [0.4, 0.5) is 9.59 Å². The zero-order valence-electron chi connectivity index (χ0n) is 15.4. The average Bonchev–Trinajstić information content (AvgIpc) is 2.56. The van der Waals surface area contributed by atoms with Crippen LogP contribution in [0.25, 0.3) is 6.08 Å². The third-order valence-electron chi connectivity index (χ3n) is 3.84. The Kier molecular flexibility index (Phi) is 6.91. The molecule has 0 atom stereocenters. The molecule has 2 rings (SSSR count). The number of urea groups is 1. The van der Waals surface area contributed by atoms with Crippen LogP contribution in [0.3, 0.4) is 0 Å². The Bertz CT molecular complexity index is 645. The Labute approximate surface area is 159 Å². The van der Waals surface area contributed by atoms with Gasteiger partial charge in [0.05, 0.1) is 0 Å². The highest BCUT2D eigenvalue weighted by Crippen LogP contribution is 2.15. The Morgan fingerprint density at radius 2 is 1.81 bits per heavy atom. The quantitative estimate of drug-likeness (QED) is 0.833. The van der Waals surface area contributed by atoms with Gasteiger partial charge in [0.15, 0.2) is 0 Å². The number of likely N-dealkylation sites (tertiary alicyclic amines) is 1. The molecule has 1 aromatic rings. The number of hydrogen-bond acceptors (Lipinski definition) is 3. The number of ether oxygens (including phenoxy) is 1. The standard InChI is InChI=1S/C19H26ClN3O3/c1-19(2,3)26-18(25)23-12-9-16(10-13-23)22-17(24)21-11-8-14-4-6-15(20)7-5-14/h4-8,11,16H,9-10,12-13H2,1-3H3,(H2,21,22,24)/b11-8+. The van der Waals surface area contributed by atoms with Crippen molar-refractivity contribution in [2.24, 2.45) is 0 Å². The maximum Gasteiger partial charge on any atom is 0.410 e. The van der Waals surface area contributed by atoms with Crippen LogP contribution in [0, 0.1) is 0 Å². The number of rotatable bonds is 3. The summed E-state index contributed by atoms with van der Waals surface area (Å²) in [6, 6.07) is 7.10. The van der Waals surface area contributed by atoms with Crippen LogP contribution in [-0.4, -0.2) is 41.8 Å². The second-order valence-electron chi connectivity index (χ2n) is 7.24. The van der Waals surface area contributed by atoms with Crippen molar-refractivity contribution in [3.63, 3.8) is 0 Å². The topological polar surface area (TPSA) is 70.7 Å². The SMILES string of the molecule is CC(C)(C)OC(=O)N1CCC(NC(=O)N/C=C/c2ccc(Cl)cc2)CC1. The molecule has 1 heterocycles. The van der Waals surface area contributed by atoms with E-state index in [2.05, 4.69) is 10.6 Å². The molecule has 1 saturated heterocycles. The lowest BCUT2D eigenvalue weighted by Crippen LogP contribution is -2.49. The van der Waals surface area contributed by atoms with Crippen LogP contribution in [0.15, 0.2) is 30.5 Å². The van der Waals surface area contributed by atoms with E-state index in [1.165, 1.54) is 0 Å². The molecule has 2 N–H and O–H groups in total. The van der Waals surface area contributed by atoms with E-state index in [1.807, 2.05) is 32.9 Å². The first-order valence-corrected chi connectivity index (χ1v) is 9.08. The van der Waals surface area contributed by atoms with Gasteiger partial charge in [-0.25, -0.2) is 9.59 Å². The highest BCUT2D eigenvalue weighted by Gasteiger charge is 2.27. The number of carbonyl (C=O) groups excluding carboxylic acids is 2. The second kappa shape index (κ2) is 8.94. The third kappa shape index (κ3) is 6.96. The molecule has 142 valence electrons. The molecular formula is C19H26ClN3O3. The molecule has 0 radical (unpaired) electrons. The fraction of sp³-hybridized carbons (Fsp3) is 0.474. The van der Waals surface area contributed by atoms with Gasteiger partial charge < -0.3 is 20.3 Å². The lowest BCUT2D eigenvalue weighted by Gasteiger charge is -2.33. The maximum absolute atomic E-state index is 12.0. The van der Waals surface area contributed by atoms with Crippen molar-refractivity contribution < 1.29 is 14.3 Å². The molecule has 0 aromatic heterocycles. The van der Waals surface area contributed by atoms with E-state index in [1.54, 1.807) is 29.3 Å². The summed E-state index contributed by atoms with van der Waals surface area (Å²) >= 11 is 5.83. The molecule has 0 bridgehead atoms. The molecule has 0 saturated carbocycles. The first-order chi connectivity index (χ1) is 12.2. The number of halogens is 1. The molecule has 1 aliphatic heterocycles. The Morgan fingerprint density at radius 1 is 1.19 bits per heavy atom. The van der Waals surface area contributed by atoms with Crippen molar-refractivity contribution in [3.05, 3.63) is 41.1 Å². The smallest absolute Gasteiger partial charge is 0.410 e. The van der Waals surface area contributed by atoms with E-state index in [-0.39, 0.29) is 18.2 Å². The Hall–Kier alpha value is -2.21. The molecule has 1 fully saturated rings. The number of nitrogens with one attached hydrogen (secondary N) is 2. The third-order valence-corrected chi connectivity index (χ3v) is 4.09. The van der Waals surface area contributed by atoms with Crippen molar-refractivity contribution in [1.29, 1.82) is 0 Å². The number of hydrogen-bond donors (Lipinski definition) is 2. The molecule has 0 unspecified atom stereocenters. The van der Waals surface area contributed by atoms with Crippen LogP contribution in [0.5, 0.6) is 0 Å². The van der Waals surface area contributed by atoms with Crippen molar-refractivity contribution in [2.45, 2.75) is 45.3 Å². The normalized spacial score (nSPS) is 15.8. The molecule has 6 nitrogen and oxygen atoms in total. The number of benzene rings is 1. The average molecular weight is 380 g/mol. The first kappa shape index (κ1) is 20.1. The van der Waals surface area contributed by atoms with Gasteiger partial charge >= 0.3 is 12.1 Å². The summed E-state index contributed by atoms with van der Waals surface area (Å²) in [5.41, 5.74) is 0.447. The molecule has 0 aliphatic carbocycles. The maximum atomic E-state index is 12.0. The van der Waals surface area contributed by atoms with Crippen LogP contribution in [-0.2, 0) is 4.74 Å². The summed E-state index contributed by atoms with van der Waals surface area (Å²) in [7, 11) is 0. The van der Waals surface area contributed by atoms with Gasteiger partial charge in [-0.3, -0.25) is 0 Å². The number of piperidine rings is 1. The van der Waals surface area contributed by atoms with Crippen LogP contribution < -0.4 is 10.6 Å². The van der Waals surface area contributed by atoms with E-state index in [0.29, 0.717) is 31.0 Å². The zero-order valence-corrected chi connectivity index (χ0v) is 16.2. The summed E-state index contributed by atoms with van der Waals surface area (Å²) < 4.78 is 5.37. The van der Waals surface area contributed by atoms with Gasteiger partial charge in [0.25, 0.3) is 0 Å². The monoisotopic (exact) mass is 379 g/mol. The molecule has 1 aliphatic rings. The first-order valence-electron chi connectivity index (χ1n) is 8.70. The highest BCUT2D eigenvalue weighted by molar-refractivity contribution is 6.30. The van der Waals surface area contributed by atoms with Crippen molar-refractivity contribution in [1.82, 2.24) is 15.5 Å². The summed E-state index contributed by atoms with van der Waals surface area (Å²) in [5, 5.41) is 6.28. The Morgan fingerprint density at radius 3 is 2.38 bits per heavy atom. The lowest BCUT2D eigenvalue weighted by atomic mass is 10.1. The van der Waals surface area contributed by atoms with Gasteiger partial charge in [-0.1, -0.05) is 23.7 Å². The predicted molar refractivity (Wildman–Crippen MR) is 103 cm³/mol. The summed E-state index contributed by atoms with van der Waals surface area (Å²) in [4.78, 5) is 25.7. The fourth-order valence-corrected chi connectivity index (χ4v) is 2.67. The molecule has 3 amide bonds. The predicted octanol–water partition coefficient (Wildman–Crippen LogP) is 4.01. The second-order valence-corrected chi connectivity index (χ2v) is 7.68. The van der Waals surface area contributed by atoms with E-state index in [0.717, 1.165) is 5.56 Å². The number of amides is 3. The molecule has 1 aromatic carbocycles. The summed E-state index contributed by atoms with van der Waals surface area (Å²) in [5.74, 6) is 0. The van der Waals surface area contributed by atoms with Crippen molar-refractivity contribution in [3.8, 4) is 0 Å². The van der Waals surface area contributed by atoms with Gasteiger partial charge in [-0.15, -0.1) is 0 Å². The van der Waals surface area contributed by atoms with E-state index >= 15 is 0 Å². The van der Waals surface area contributed by atoms with Crippen LogP contribution >= 0.6 is 11.6 Å². The molecule has 0 spiro atoms. The van der Waals surface area contributed by atoms with Gasteiger partial charge in [0, 0.05) is 30.4 Å². The zero-order chi connectivity index (χ0) is 19.2. The van der Waals surface area contributed by atoms with Crippen molar-refractivity contribution >= 4 is 29.8 Å². The molecule has 7 heteroatoms. The molecular weight excluding hydrogens is 354 g/mol. The fourth-order valence-electron chi connectivity index (χ4n) is 2.55. The van der Waals surface area contributed by atoms with E-state index in [9.17, 15) is 9.59 Å². The highest BCUT2D eigenvalue weighted by atomic mass is 35.5. The minimum atomic E-state index is -0.498. The molecule has 26 heavy (non-hydrogen) atoms. The van der Waals surface area contributed by atoms with E-state index < -0.39 is 5.60 Å². The van der Waals surface area contributed by atoms with Crippen LogP contribution in [0.1, 0.15) is 39.2 Å². The largest absolute Gasteiger partial charge is 0.444 e. The lowest BCUT2D eigenvalue weighted by molar-refractivity contribution is 0.0201. The number of nitrogens with zero attached hydrogens (tertiary/aromatic N) is 1. The minimum absolute atomic E-state index is 0.0395. The summed E-state index contributed by atoms with van der Waals surface area (Å²) in [6.45, 7) is 6.68. The Balaban J connectivity index is 1.71. The van der Waals surface area contributed by atoms with Gasteiger partial charge in [0.2, 0.25) is 0 Å².